The van der Waals surface area contributed by atoms with E-state index in [2.05, 4.69) is 5.32 Å². The normalized spacial score (nSPS) is 20.2. The third-order valence-electron chi connectivity index (χ3n) is 3.59. The summed E-state index contributed by atoms with van der Waals surface area (Å²) in [6.45, 7) is 0.276. The Kier molecular flexibility index (Phi) is 3.88. The van der Waals surface area contributed by atoms with Gasteiger partial charge in [-0.1, -0.05) is 48.5 Å². The van der Waals surface area contributed by atoms with Crippen LogP contribution < -0.4 is 10.1 Å². The van der Waals surface area contributed by atoms with E-state index < -0.39 is 12.1 Å². The number of benzene rings is 2. The minimum absolute atomic E-state index is 0.117. The van der Waals surface area contributed by atoms with Gasteiger partial charge in [-0.15, -0.1) is 0 Å². The van der Waals surface area contributed by atoms with E-state index in [9.17, 15) is 9.90 Å². The summed E-state index contributed by atoms with van der Waals surface area (Å²) in [7, 11) is 0. The molecule has 1 amide bonds. The van der Waals surface area contributed by atoms with Gasteiger partial charge in [-0.25, -0.2) is 0 Å². The second kappa shape index (κ2) is 5.97. The number of para-hydroxylation sites is 1. The molecule has 0 saturated carbocycles. The summed E-state index contributed by atoms with van der Waals surface area (Å²) in [5.74, 6) is 0.562. The highest BCUT2D eigenvalue weighted by Crippen LogP contribution is 2.31. The number of ether oxygens (including phenoxy) is 1. The minimum Gasteiger partial charge on any atom is -0.491 e. The van der Waals surface area contributed by atoms with Crippen molar-refractivity contribution in [1.29, 1.82) is 0 Å². The summed E-state index contributed by atoms with van der Waals surface area (Å²) in [4.78, 5) is 12.1. The predicted octanol–water partition coefficient (Wildman–Crippen LogP) is 1.84. The van der Waals surface area contributed by atoms with Crippen LogP contribution in [0.2, 0.25) is 0 Å². The Morgan fingerprint density at radius 3 is 2.67 bits per heavy atom. The smallest absolute Gasteiger partial charge is 0.224 e. The van der Waals surface area contributed by atoms with Gasteiger partial charge in [-0.05, 0) is 11.6 Å². The van der Waals surface area contributed by atoms with Crippen LogP contribution in [0.3, 0.4) is 0 Å². The number of rotatable bonds is 3. The Bertz CT molecular complexity index is 627. The zero-order valence-corrected chi connectivity index (χ0v) is 11.5. The Morgan fingerprint density at radius 2 is 1.86 bits per heavy atom. The lowest BCUT2D eigenvalue weighted by Gasteiger charge is -2.30. The highest BCUT2D eigenvalue weighted by molar-refractivity contribution is 5.79. The maximum Gasteiger partial charge on any atom is 0.224 e. The van der Waals surface area contributed by atoms with Gasteiger partial charge in [-0.2, -0.15) is 0 Å². The molecular formula is C17H17NO3. The standard InChI is InChI=1S/C17H17NO3/c19-16(10-12-6-2-1-3-7-12)18-14-11-21-15-9-5-4-8-13(15)17(14)20/h1-9,14,17,20H,10-11H2,(H,18,19). The van der Waals surface area contributed by atoms with Gasteiger partial charge in [0.1, 0.15) is 18.5 Å². The molecule has 1 heterocycles. The third-order valence-corrected chi connectivity index (χ3v) is 3.59. The van der Waals surface area contributed by atoms with Crippen molar-refractivity contribution in [3.8, 4) is 5.75 Å². The number of aliphatic hydroxyl groups is 1. The molecule has 2 N–H and O–H groups in total. The zero-order chi connectivity index (χ0) is 14.7. The van der Waals surface area contributed by atoms with Gasteiger partial charge >= 0.3 is 0 Å². The number of carbonyl (C=O) groups is 1. The third kappa shape index (κ3) is 3.06. The molecule has 2 unspecified atom stereocenters. The van der Waals surface area contributed by atoms with E-state index in [1.165, 1.54) is 0 Å². The average molecular weight is 283 g/mol. The van der Waals surface area contributed by atoms with E-state index in [-0.39, 0.29) is 12.5 Å². The van der Waals surface area contributed by atoms with Gasteiger partial charge in [0.05, 0.1) is 12.5 Å². The monoisotopic (exact) mass is 283 g/mol. The van der Waals surface area contributed by atoms with Crippen LogP contribution in [0.25, 0.3) is 0 Å². The van der Waals surface area contributed by atoms with Crippen molar-refractivity contribution in [2.24, 2.45) is 0 Å². The minimum atomic E-state index is -0.741. The van der Waals surface area contributed by atoms with Gasteiger partial charge in [0.2, 0.25) is 5.91 Å². The molecule has 4 nitrogen and oxygen atoms in total. The van der Waals surface area contributed by atoms with Crippen LogP contribution in [0.4, 0.5) is 0 Å². The quantitative estimate of drug-likeness (QED) is 0.903. The summed E-state index contributed by atoms with van der Waals surface area (Å²) in [6.07, 6.45) is -0.444. The maximum atomic E-state index is 12.1. The molecule has 21 heavy (non-hydrogen) atoms. The molecule has 4 heteroatoms. The van der Waals surface area contributed by atoms with Crippen LogP contribution in [0.15, 0.2) is 54.6 Å². The van der Waals surface area contributed by atoms with Gasteiger partial charge < -0.3 is 15.2 Å². The number of hydrogen-bond donors (Lipinski definition) is 2. The average Bonchev–Trinajstić information content (AvgIpc) is 2.51. The number of carbonyl (C=O) groups excluding carboxylic acids is 1. The summed E-state index contributed by atoms with van der Waals surface area (Å²) < 4.78 is 5.58. The number of fused-ring (bicyclic) bond motifs is 1. The summed E-state index contributed by atoms with van der Waals surface area (Å²) in [5, 5.41) is 13.2. The van der Waals surface area contributed by atoms with E-state index in [0.29, 0.717) is 17.7 Å². The molecule has 0 aromatic heterocycles. The van der Waals surface area contributed by atoms with Crippen LogP contribution in [-0.2, 0) is 11.2 Å². The first kappa shape index (κ1) is 13.6. The van der Waals surface area contributed by atoms with Gasteiger partial charge in [0.15, 0.2) is 0 Å². The Morgan fingerprint density at radius 1 is 1.14 bits per heavy atom. The lowest BCUT2D eigenvalue weighted by molar-refractivity contribution is -0.122. The highest BCUT2D eigenvalue weighted by Gasteiger charge is 2.30. The van der Waals surface area contributed by atoms with Crippen molar-refractivity contribution in [2.75, 3.05) is 6.61 Å². The lowest BCUT2D eigenvalue weighted by atomic mass is 9.99. The van der Waals surface area contributed by atoms with Crippen LogP contribution >= 0.6 is 0 Å². The van der Waals surface area contributed by atoms with Crippen molar-refractivity contribution in [1.82, 2.24) is 5.32 Å². The fourth-order valence-electron chi connectivity index (χ4n) is 2.50. The van der Waals surface area contributed by atoms with Crippen molar-refractivity contribution in [3.05, 3.63) is 65.7 Å². The van der Waals surface area contributed by atoms with Gasteiger partial charge in [0, 0.05) is 5.56 Å². The predicted molar refractivity (Wildman–Crippen MR) is 79.0 cm³/mol. The molecule has 0 fully saturated rings. The van der Waals surface area contributed by atoms with Gasteiger partial charge in [-0.3, -0.25) is 4.79 Å². The molecule has 3 rings (SSSR count). The van der Waals surface area contributed by atoms with Gasteiger partial charge in [0.25, 0.3) is 0 Å². The molecule has 108 valence electrons. The molecule has 2 atom stereocenters. The molecule has 0 bridgehead atoms. The Hall–Kier alpha value is -2.33. The van der Waals surface area contributed by atoms with Crippen LogP contribution in [0.1, 0.15) is 17.2 Å². The van der Waals surface area contributed by atoms with E-state index >= 15 is 0 Å². The van der Waals surface area contributed by atoms with Crippen molar-refractivity contribution < 1.29 is 14.6 Å². The van der Waals surface area contributed by atoms with Crippen molar-refractivity contribution in [3.63, 3.8) is 0 Å². The molecular weight excluding hydrogens is 266 g/mol. The first-order valence-electron chi connectivity index (χ1n) is 6.97. The van der Waals surface area contributed by atoms with E-state index in [1.807, 2.05) is 54.6 Å². The molecule has 0 radical (unpaired) electrons. The summed E-state index contributed by atoms with van der Waals surface area (Å²) in [5.41, 5.74) is 1.66. The topological polar surface area (TPSA) is 58.6 Å². The fraction of sp³-hybridized carbons (Fsp3) is 0.235. The maximum absolute atomic E-state index is 12.1. The van der Waals surface area contributed by atoms with Crippen LogP contribution in [-0.4, -0.2) is 23.7 Å². The van der Waals surface area contributed by atoms with Crippen LogP contribution in [0.5, 0.6) is 5.75 Å². The number of nitrogens with one attached hydrogen (secondary N) is 1. The first-order valence-corrected chi connectivity index (χ1v) is 6.97. The molecule has 0 spiro atoms. The van der Waals surface area contributed by atoms with E-state index in [0.717, 1.165) is 5.56 Å². The lowest BCUT2D eigenvalue weighted by Crippen LogP contribution is -2.46. The Balaban J connectivity index is 1.65. The molecule has 2 aromatic rings. The highest BCUT2D eigenvalue weighted by atomic mass is 16.5. The molecule has 2 aromatic carbocycles. The largest absolute Gasteiger partial charge is 0.491 e. The Labute approximate surface area is 123 Å². The SMILES string of the molecule is O=C(Cc1ccccc1)NC1COc2ccccc2C1O. The summed E-state index contributed by atoms with van der Waals surface area (Å²) >= 11 is 0. The first-order chi connectivity index (χ1) is 10.2. The number of aliphatic hydroxyl groups excluding tert-OH is 1. The number of hydrogen-bond acceptors (Lipinski definition) is 3. The molecule has 1 aliphatic heterocycles. The summed E-state index contributed by atoms with van der Waals surface area (Å²) in [6, 6.07) is 16.4. The second-order valence-electron chi connectivity index (χ2n) is 5.13. The van der Waals surface area contributed by atoms with E-state index in [4.69, 9.17) is 4.74 Å². The van der Waals surface area contributed by atoms with Crippen molar-refractivity contribution >= 4 is 5.91 Å². The van der Waals surface area contributed by atoms with Crippen LogP contribution in [0, 0.1) is 0 Å². The fourth-order valence-corrected chi connectivity index (χ4v) is 2.50. The molecule has 1 aliphatic rings. The molecule has 0 aliphatic carbocycles. The zero-order valence-electron chi connectivity index (χ0n) is 11.5. The second-order valence-corrected chi connectivity index (χ2v) is 5.13. The van der Waals surface area contributed by atoms with E-state index in [1.54, 1.807) is 0 Å². The number of amides is 1. The van der Waals surface area contributed by atoms with Crippen molar-refractivity contribution in [2.45, 2.75) is 18.6 Å². The molecule has 0 saturated heterocycles.